The van der Waals surface area contributed by atoms with E-state index < -0.39 is 51.0 Å². The Labute approximate surface area is 275 Å². The Morgan fingerprint density at radius 1 is 0.378 bits per heavy atom. The van der Waals surface area contributed by atoms with Crippen molar-refractivity contribution in [1.29, 1.82) is 0 Å². The Balaban J connectivity index is 6.46. The molecule has 0 aromatic carbocycles. The maximum absolute atomic E-state index is 13.3. The number of carbonyl (C=O) groups excluding carboxylic acids is 4. The van der Waals surface area contributed by atoms with Crippen LogP contribution in [-0.2, 0) is 38.1 Å². The van der Waals surface area contributed by atoms with Gasteiger partial charge in [0.25, 0.3) is 0 Å². The first kappa shape index (κ1) is 42.9. The number of esters is 4. The summed E-state index contributed by atoms with van der Waals surface area (Å²) in [5.41, 5.74) is -4.24. The largest absolute Gasteiger partial charge is 0.464 e. The molecule has 0 radical (unpaired) electrons. The fourth-order valence-electron chi connectivity index (χ4n) is 4.79. The van der Waals surface area contributed by atoms with E-state index in [0.29, 0.717) is 25.7 Å². The second-order valence-corrected chi connectivity index (χ2v) is 15.8. The molecular formula is C37H68O8. The highest BCUT2D eigenvalue weighted by Gasteiger charge is 2.43. The van der Waals surface area contributed by atoms with Crippen LogP contribution in [-0.4, -0.2) is 50.3 Å². The van der Waals surface area contributed by atoms with Crippen LogP contribution in [0.15, 0.2) is 0 Å². The molecular weight excluding hydrogens is 572 g/mol. The molecule has 0 saturated carbocycles. The molecule has 0 unspecified atom stereocenters. The van der Waals surface area contributed by atoms with Crippen LogP contribution in [0.2, 0.25) is 0 Å². The van der Waals surface area contributed by atoms with Crippen LogP contribution in [0, 0.1) is 27.1 Å². The van der Waals surface area contributed by atoms with Gasteiger partial charge < -0.3 is 18.9 Å². The van der Waals surface area contributed by atoms with Crippen LogP contribution in [0.5, 0.6) is 0 Å². The molecule has 0 heterocycles. The molecule has 8 nitrogen and oxygen atoms in total. The smallest absolute Gasteiger partial charge is 0.311 e. The van der Waals surface area contributed by atoms with Crippen LogP contribution in [0.3, 0.4) is 0 Å². The fraction of sp³-hybridized carbons (Fsp3) is 0.892. The zero-order valence-corrected chi connectivity index (χ0v) is 31.1. The maximum Gasteiger partial charge on any atom is 0.311 e. The number of unbranched alkanes of at least 4 members (excludes halogenated alkanes) is 4. The molecule has 0 aromatic rings. The molecule has 0 bridgehead atoms. The summed E-state index contributed by atoms with van der Waals surface area (Å²) in [6, 6.07) is 0. The Morgan fingerprint density at radius 2 is 0.556 bits per heavy atom. The molecule has 0 aromatic heterocycles. The summed E-state index contributed by atoms with van der Waals surface area (Å²) in [5.74, 6) is -1.61. The van der Waals surface area contributed by atoms with Gasteiger partial charge in [-0.1, -0.05) is 79.1 Å². The SMILES string of the molecule is CCCCC(C)(C)C(=O)OCC(COC(=O)C(C)(C)CCCC)(COC(=O)C(C)(C)CCCC)COC(=O)C(C)(C)CCCC. The molecule has 0 aliphatic carbocycles. The first-order valence-electron chi connectivity index (χ1n) is 17.4. The van der Waals surface area contributed by atoms with Gasteiger partial charge in [-0.05, 0) is 81.1 Å². The highest BCUT2D eigenvalue weighted by molar-refractivity contribution is 5.77. The summed E-state index contributed by atoms with van der Waals surface area (Å²) in [4.78, 5) is 53.3. The van der Waals surface area contributed by atoms with Crippen LogP contribution < -0.4 is 0 Å². The molecule has 0 N–H and O–H groups in total. The van der Waals surface area contributed by atoms with Gasteiger partial charge in [-0.25, -0.2) is 0 Å². The monoisotopic (exact) mass is 640 g/mol. The number of carbonyl (C=O) groups is 4. The van der Waals surface area contributed by atoms with Crippen molar-refractivity contribution in [3.8, 4) is 0 Å². The highest BCUT2D eigenvalue weighted by Crippen LogP contribution is 2.33. The third-order valence-electron chi connectivity index (χ3n) is 8.87. The second kappa shape index (κ2) is 19.5. The van der Waals surface area contributed by atoms with Gasteiger partial charge in [0.1, 0.15) is 31.8 Å². The van der Waals surface area contributed by atoms with Crippen molar-refractivity contribution in [2.45, 2.75) is 160 Å². The van der Waals surface area contributed by atoms with Gasteiger partial charge in [-0.3, -0.25) is 19.2 Å². The summed E-state index contributed by atoms with van der Waals surface area (Å²) in [6.07, 6.45) is 9.84. The Hall–Kier alpha value is -2.12. The number of rotatable bonds is 24. The minimum absolute atomic E-state index is 0.241. The summed E-state index contributed by atoms with van der Waals surface area (Å²) >= 11 is 0. The minimum atomic E-state index is -1.29. The summed E-state index contributed by atoms with van der Waals surface area (Å²) in [5, 5.41) is 0. The Kier molecular flexibility index (Phi) is 18.6. The quantitative estimate of drug-likeness (QED) is 0.0760. The van der Waals surface area contributed by atoms with Crippen LogP contribution in [0.1, 0.15) is 160 Å². The van der Waals surface area contributed by atoms with Gasteiger partial charge >= 0.3 is 23.9 Å². The van der Waals surface area contributed by atoms with E-state index in [2.05, 4.69) is 27.7 Å². The third-order valence-corrected chi connectivity index (χ3v) is 8.87. The maximum atomic E-state index is 13.3. The van der Waals surface area contributed by atoms with Crippen LogP contribution in [0.25, 0.3) is 0 Å². The average Bonchev–Trinajstić information content (AvgIpc) is 2.99. The van der Waals surface area contributed by atoms with E-state index >= 15 is 0 Å². The molecule has 0 saturated heterocycles. The van der Waals surface area contributed by atoms with E-state index in [1.807, 2.05) is 55.4 Å². The molecule has 0 rings (SSSR count). The summed E-state index contributed by atoms with van der Waals surface area (Å²) in [7, 11) is 0. The van der Waals surface area contributed by atoms with Crippen molar-refractivity contribution in [2.75, 3.05) is 26.4 Å². The highest BCUT2D eigenvalue weighted by atomic mass is 16.6. The van der Waals surface area contributed by atoms with Gasteiger partial charge in [0.05, 0.1) is 21.7 Å². The molecule has 0 atom stereocenters. The lowest BCUT2D eigenvalue weighted by molar-refractivity contribution is -0.182. The normalized spacial score (nSPS) is 12.9. The summed E-state index contributed by atoms with van der Waals surface area (Å²) in [6.45, 7) is 22.0. The van der Waals surface area contributed by atoms with Gasteiger partial charge in [0, 0.05) is 0 Å². The van der Waals surface area contributed by atoms with E-state index in [1.54, 1.807) is 0 Å². The van der Waals surface area contributed by atoms with Crippen molar-refractivity contribution < 1.29 is 38.1 Å². The van der Waals surface area contributed by atoms with Crippen LogP contribution in [0.4, 0.5) is 0 Å². The third kappa shape index (κ3) is 15.3. The molecule has 0 spiro atoms. The van der Waals surface area contributed by atoms with Gasteiger partial charge in [-0.2, -0.15) is 0 Å². The van der Waals surface area contributed by atoms with Crippen molar-refractivity contribution in [1.82, 2.24) is 0 Å². The van der Waals surface area contributed by atoms with Gasteiger partial charge in [0.2, 0.25) is 0 Å². The summed E-state index contributed by atoms with van der Waals surface area (Å²) < 4.78 is 23.6. The van der Waals surface area contributed by atoms with Crippen molar-refractivity contribution in [2.24, 2.45) is 27.1 Å². The molecule has 0 aliphatic heterocycles. The van der Waals surface area contributed by atoms with Crippen molar-refractivity contribution in [3.63, 3.8) is 0 Å². The zero-order valence-electron chi connectivity index (χ0n) is 31.1. The van der Waals surface area contributed by atoms with E-state index in [-0.39, 0.29) is 26.4 Å². The first-order valence-corrected chi connectivity index (χ1v) is 17.4. The van der Waals surface area contributed by atoms with E-state index in [1.165, 1.54) is 0 Å². The lowest BCUT2D eigenvalue weighted by Crippen LogP contribution is -2.47. The van der Waals surface area contributed by atoms with Gasteiger partial charge in [0.15, 0.2) is 0 Å². The topological polar surface area (TPSA) is 105 Å². The molecule has 0 fully saturated rings. The number of hydrogen-bond acceptors (Lipinski definition) is 8. The molecule has 264 valence electrons. The lowest BCUT2D eigenvalue weighted by atomic mass is 9.85. The zero-order chi connectivity index (χ0) is 35.0. The molecule has 0 aliphatic rings. The first-order chi connectivity index (χ1) is 20.8. The molecule has 45 heavy (non-hydrogen) atoms. The van der Waals surface area contributed by atoms with Gasteiger partial charge in [-0.15, -0.1) is 0 Å². The Bertz CT molecular complexity index is 766. The fourth-order valence-corrected chi connectivity index (χ4v) is 4.79. The second-order valence-electron chi connectivity index (χ2n) is 15.8. The number of hydrogen-bond donors (Lipinski definition) is 0. The predicted octanol–water partition coefficient (Wildman–Crippen LogP) is 9.01. The van der Waals surface area contributed by atoms with Crippen molar-refractivity contribution >= 4 is 23.9 Å². The molecule has 8 heteroatoms. The van der Waals surface area contributed by atoms with E-state index in [4.69, 9.17) is 18.9 Å². The standard InChI is InChI=1S/C37H68O8/c1-13-17-21-33(5,6)29(38)42-25-37(26-43-30(39)34(7,8)22-18-14-2,27-44-31(40)35(9,10)23-19-15-3)28-45-32(41)36(11,12)24-20-16-4/h13-28H2,1-12H3. The Morgan fingerprint density at radius 3 is 0.711 bits per heavy atom. The minimum Gasteiger partial charge on any atom is -0.464 e. The lowest BCUT2D eigenvalue weighted by Gasteiger charge is -2.36. The van der Waals surface area contributed by atoms with E-state index in [9.17, 15) is 19.2 Å². The van der Waals surface area contributed by atoms with Crippen LogP contribution >= 0.6 is 0 Å². The van der Waals surface area contributed by atoms with Crippen molar-refractivity contribution in [3.05, 3.63) is 0 Å². The van der Waals surface area contributed by atoms with E-state index in [0.717, 1.165) is 51.4 Å². The average molecular weight is 641 g/mol. The molecule has 0 amide bonds. The predicted molar refractivity (Wildman–Crippen MR) is 179 cm³/mol. The number of ether oxygens (including phenoxy) is 4.